The maximum absolute atomic E-state index is 14.1. The smallest absolute Gasteiger partial charge is 0.326 e. The molecule has 1 aromatic carbocycles. The van der Waals surface area contributed by atoms with Crippen LogP contribution in [0.25, 0.3) is 10.9 Å². The van der Waals surface area contributed by atoms with Gasteiger partial charge in [-0.15, -0.1) is 0 Å². The molecular weight excluding hydrogens is 738 g/mol. The molecule has 18 heteroatoms. The summed E-state index contributed by atoms with van der Waals surface area (Å²) in [5, 5.41) is 33.1. The molecule has 0 aliphatic rings. The maximum Gasteiger partial charge on any atom is 0.326 e. The van der Waals surface area contributed by atoms with Gasteiger partial charge in [0.25, 0.3) is 0 Å². The van der Waals surface area contributed by atoms with Crippen LogP contribution in [0.1, 0.15) is 85.1 Å². The minimum atomic E-state index is -1.29. The number of urea groups is 1. The van der Waals surface area contributed by atoms with Crippen LogP contribution >= 0.6 is 0 Å². The number of carbonyl (C=O) groups is 7. The van der Waals surface area contributed by atoms with Crippen molar-refractivity contribution in [1.82, 2.24) is 36.5 Å². The Kier molecular flexibility index (Phi) is 20.0. The summed E-state index contributed by atoms with van der Waals surface area (Å²) >= 11 is 0. The van der Waals surface area contributed by atoms with Gasteiger partial charge < -0.3 is 58.1 Å². The summed E-state index contributed by atoms with van der Waals surface area (Å²) in [6, 6.07) is -0.519. The number of fused-ring (bicyclic) bond motifs is 1. The highest BCUT2D eigenvalue weighted by Gasteiger charge is 2.36. The number of benzene rings is 1. The van der Waals surface area contributed by atoms with E-state index in [0.717, 1.165) is 10.9 Å². The number of nitrogens with zero attached hydrogens (tertiary/aromatic N) is 1. The number of carboxylic acids is 2. The lowest BCUT2D eigenvalue weighted by Crippen LogP contribution is -2.59. The average molecular weight is 802 g/mol. The van der Waals surface area contributed by atoms with Gasteiger partial charge >= 0.3 is 18.0 Å². The standard InChI is InChI=1S/C39H63N9O9/c1-22(2)18-30(44-33(49)24(5)43-34(50)28(14-9-10-16-40)46-39(57)47-29(37(53)54)15-11-17-41)36(52)48(6)32(19-23(3)4)35(51)45-31(38(55)56)20-25-21-42-27-13-8-7-12-26(25)27/h7-8,12-13,21-24,28-32,42H,9-11,14-20,40-41H2,1-6H3,(H,43,50)(H,44,49)(H,45,51)(H,53,54)(H,55,56)(H2,46,47,57)/t24-,28-,29+,30-,31-,32-/m0/s1. The predicted octanol–water partition coefficient (Wildman–Crippen LogP) is 1.18. The molecule has 0 saturated carbocycles. The number of aromatic nitrogens is 1. The zero-order valence-corrected chi connectivity index (χ0v) is 33.9. The Morgan fingerprint density at radius 2 is 1.26 bits per heavy atom. The molecule has 0 aliphatic carbocycles. The second-order valence-electron chi connectivity index (χ2n) is 15.3. The van der Waals surface area contributed by atoms with Crippen LogP contribution in [0, 0.1) is 11.8 Å². The molecule has 0 fully saturated rings. The lowest BCUT2D eigenvalue weighted by atomic mass is 9.98. The number of amides is 6. The second-order valence-corrected chi connectivity index (χ2v) is 15.3. The van der Waals surface area contributed by atoms with E-state index in [1.807, 2.05) is 52.0 Å². The van der Waals surface area contributed by atoms with Crippen LogP contribution in [0.2, 0.25) is 0 Å². The zero-order chi connectivity index (χ0) is 42.8. The van der Waals surface area contributed by atoms with Crippen LogP contribution in [0.15, 0.2) is 30.5 Å². The number of para-hydroxylation sites is 1. The first-order chi connectivity index (χ1) is 26.9. The van der Waals surface area contributed by atoms with Crippen molar-refractivity contribution >= 4 is 52.5 Å². The number of carbonyl (C=O) groups excluding carboxylic acids is 5. The molecule has 6 atom stereocenters. The van der Waals surface area contributed by atoms with Gasteiger partial charge in [0, 0.05) is 30.6 Å². The van der Waals surface area contributed by atoms with Gasteiger partial charge in [-0.3, -0.25) is 19.2 Å². The Balaban J connectivity index is 2.21. The van der Waals surface area contributed by atoms with Crippen LogP contribution in [0.5, 0.6) is 0 Å². The number of H-pyrrole nitrogens is 1. The molecule has 57 heavy (non-hydrogen) atoms. The van der Waals surface area contributed by atoms with Crippen LogP contribution in [0.4, 0.5) is 4.79 Å². The first kappa shape index (κ1) is 47.9. The monoisotopic (exact) mass is 801 g/mol. The normalized spacial score (nSPS) is 14.5. The van der Waals surface area contributed by atoms with Gasteiger partial charge in [-0.2, -0.15) is 0 Å². The largest absolute Gasteiger partial charge is 0.480 e. The van der Waals surface area contributed by atoms with Gasteiger partial charge in [-0.1, -0.05) is 45.9 Å². The Bertz CT molecular complexity index is 1660. The highest BCUT2D eigenvalue weighted by atomic mass is 16.4. The number of aromatic amines is 1. The van der Waals surface area contributed by atoms with Crippen molar-refractivity contribution in [3.8, 4) is 0 Å². The fourth-order valence-corrected chi connectivity index (χ4v) is 6.34. The number of aliphatic carboxylic acids is 2. The number of hydrogen-bond donors (Lipinski definition) is 10. The predicted molar refractivity (Wildman–Crippen MR) is 215 cm³/mol. The van der Waals surface area contributed by atoms with Crippen molar-refractivity contribution in [3.05, 3.63) is 36.0 Å². The molecule has 12 N–H and O–H groups in total. The van der Waals surface area contributed by atoms with Crippen LogP contribution in [0.3, 0.4) is 0 Å². The molecule has 0 radical (unpaired) electrons. The van der Waals surface area contributed by atoms with E-state index in [9.17, 15) is 43.8 Å². The number of rotatable bonds is 25. The van der Waals surface area contributed by atoms with Gasteiger partial charge in [0.05, 0.1) is 0 Å². The Labute approximate surface area is 334 Å². The van der Waals surface area contributed by atoms with Gasteiger partial charge in [0.2, 0.25) is 23.6 Å². The SMILES string of the molecule is CC(C)C[C@H](NC(=O)[C@H](C)NC(=O)[C@H](CCCCN)NC(=O)N[C@H](CCCN)C(=O)O)C(=O)N(C)[C@@H](CC(C)C)C(=O)N[C@@H](Cc1c[nH]c2ccccc12)C(=O)O. The highest BCUT2D eigenvalue weighted by molar-refractivity contribution is 5.96. The molecule has 0 unspecified atom stereocenters. The van der Waals surface area contributed by atoms with E-state index in [1.54, 1.807) is 6.20 Å². The van der Waals surface area contributed by atoms with Crippen LogP contribution in [-0.2, 0) is 35.2 Å². The molecular formula is C39H63N9O9. The minimum absolute atomic E-state index is 0.00149. The summed E-state index contributed by atoms with van der Waals surface area (Å²) in [5.74, 6) is -5.32. The van der Waals surface area contributed by atoms with Crippen molar-refractivity contribution in [2.24, 2.45) is 23.3 Å². The fraction of sp³-hybridized carbons (Fsp3) is 0.615. The molecule has 1 aromatic heterocycles. The molecule has 2 aromatic rings. The van der Waals surface area contributed by atoms with E-state index in [2.05, 4.69) is 31.6 Å². The van der Waals surface area contributed by atoms with E-state index in [4.69, 9.17) is 11.5 Å². The summed E-state index contributed by atoms with van der Waals surface area (Å²) in [6.07, 6.45) is 3.66. The molecule has 6 amide bonds. The first-order valence-corrected chi connectivity index (χ1v) is 19.5. The van der Waals surface area contributed by atoms with Gasteiger partial charge in [0.1, 0.15) is 36.3 Å². The molecule has 2 rings (SSSR count). The molecule has 18 nitrogen and oxygen atoms in total. The average Bonchev–Trinajstić information content (AvgIpc) is 3.55. The highest BCUT2D eigenvalue weighted by Crippen LogP contribution is 2.20. The molecule has 0 bridgehead atoms. The van der Waals surface area contributed by atoms with Crippen molar-refractivity contribution in [1.29, 1.82) is 0 Å². The zero-order valence-electron chi connectivity index (χ0n) is 33.9. The minimum Gasteiger partial charge on any atom is -0.480 e. The summed E-state index contributed by atoms with van der Waals surface area (Å²) in [4.78, 5) is 95.9. The van der Waals surface area contributed by atoms with Crippen molar-refractivity contribution < 1.29 is 43.8 Å². The summed E-state index contributed by atoms with van der Waals surface area (Å²) in [7, 11) is 1.43. The third-order valence-electron chi connectivity index (χ3n) is 9.47. The Morgan fingerprint density at radius 1 is 0.684 bits per heavy atom. The molecule has 318 valence electrons. The molecule has 0 aliphatic heterocycles. The Morgan fingerprint density at radius 3 is 1.86 bits per heavy atom. The van der Waals surface area contributed by atoms with E-state index in [0.29, 0.717) is 31.4 Å². The summed E-state index contributed by atoms with van der Waals surface area (Å²) < 4.78 is 0. The fourth-order valence-electron chi connectivity index (χ4n) is 6.34. The number of nitrogens with one attached hydrogen (secondary N) is 6. The summed E-state index contributed by atoms with van der Waals surface area (Å²) in [6.45, 7) is 9.41. The van der Waals surface area contributed by atoms with Crippen molar-refractivity contribution in [2.75, 3.05) is 20.1 Å². The van der Waals surface area contributed by atoms with Crippen molar-refractivity contribution in [3.63, 3.8) is 0 Å². The number of hydrogen-bond acceptors (Lipinski definition) is 9. The molecule has 0 spiro atoms. The molecule has 0 saturated heterocycles. The Hall–Kier alpha value is -5.23. The number of likely N-dealkylation sites (N-methyl/N-ethyl adjacent to an activating group) is 1. The number of nitrogens with two attached hydrogens (primary N) is 2. The van der Waals surface area contributed by atoms with Crippen molar-refractivity contribution in [2.45, 2.75) is 122 Å². The van der Waals surface area contributed by atoms with Crippen LogP contribution in [-0.4, -0.2) is 118 Å². The van der Waals surface area contributed by atoms with E-state index < -0.39 is 77.8 Å². The van der Waals surface area contributed by atoms with Gasteiger partial charge in [-0.05, 0) is 88.4 Å². The lowest BCUT2D eigenvalue weighted by molar-refractivity contribution is -0.145. The third-order valence-corrected chi connectivity index (χ3v) is 9.47. The lowest BCUT2D eigenvalue weighted by Gasteiger charge is -2.33. The van der Waals surface area contributed by atoms with E-state index in [-0.39, 0.29) is 50.5 Å². The topological polar surface area (TPSA) is 291 Å². The first-order valence-electron chi connectivity index (χ1n) is 19.5. The van der Waals surface area contributed by atoms with Gasteiger partial charge in [0.15, 0.2) is 0 Å². The molecule has 1 heterocycles. The second kappa shape index (κ2) is 23.7. The van der Waals surface area contributed by atoms with E-state index >= 15 is 0 Å². The number of carboxylic acid groups (broad SMARTS) is 2. The maximum atomic E-state index is 14.1. The number of unbranched alkanes of at least 4 members (excludes halogenated alkanes) is 1. The summed E-state index contributed by atoms with van der Waals surface area (Å²) in [5.41, 5.74) is 12.6. The third kappa shape index (κ3) is 15.7. The van der Waals surface area contributed by atoms with E-state index in [1.165, 1.54) is 18.9 Å². The van der Waals surface area contributed by atoms with Crippen LogP contribution < -0.4 is 38.1 Å². The quantitative estimate of drug-likeness (QED) is 0.0636. The van der Waals surface area contributed by atoms with Gasteiger partial charge in [-0.25, -0.2) is 14.4 Å².